The predicted molar refractivity (Wildman–Crippen MR) is 59.8 cm³/mol. The first-order chi connectivity index (χ1) is 7.64. The van der Waals surface area contributed by atoms with Crippen molar-refractivity contribution in [3.8, 4) is 0 Å². The first-order valence-corrected chi connectivity index (χ1v) is 6.80. The van der Waals surface area contributed by atoms with Crippen LogP contribution in [0.4, 0.5) is 0 Å². The smallest absolute Gasteiger partial charge is 0.379 e. The van der Waals surface area contributed by atoms with Gasteiger partial charge in [0.1, 0.15) is 0 Å². The van der Waals surface area contributed by atoms with Crippen LogP contribution < -0.4 is 0 Å². The fraction of sp³-hybridized carbons (Fsp3) is 1.00. The highest BCUT2D eigenvalue weighted by molar-refractivity contribution is 6.53. The van der Waals surface area contributed by atoms with Crippen molar-refractivity contribution in [2.75, 3.05) is 41.2 Å². The van der Waals surface area contributed by atoms with Crippen molar-refractivity contribution in [3.63, 3.8) is 0 Å². The molecule has 1 unspecified atom stereocenters. The topological polar surface area (TPSA) is 55.4 Å². The molecule has 0 aromatic heterocycles. The van der Waals surface area contributed by atoms with E-state index in [1.165, 1.54) is 21.3 Å². The lowest BCUT2D eigenvalue weighted by Crippen LogP contribution is -2.49. The van der Waals surface area contributed by atoms with E-state index in [0.717, 1.165) is 0 Å². The zero-order valence-corrected chi connectivity index (χ0v) is 11.6. The summed E-state index contributed by atoms with van der Waals surface area (Å²) in [7, 11) is 1.42. The van der Waals surface area contributed by atoms with Crippen molar-refractivity contribution < 1.29 is 27.2 Å². The monoisotopic (exact) mass is 254 g/mol. The molecule has 0 aromatic rings. The standard InChI is InChI=1S/C9H22O6Si/c1-6-13-7-8-14-9(2)15-16(10-3,11-4)12-5/h9H,6-8H2,1-5H3. The lowest BCUT2D eigenvalue weighted by Gasteiger charge is -2.26. The third-order valence-corrected chi connectivity index (χ3v) is 3.97. The van der Waals surface area contributed by atoms with Gasteiger partial charge in [0.2, 0.25) is 0 Å². The quantitative estimate of drug-likeness (QED) is 0.326. The molecule has 0 aliphatic carbocycles. The van der Waals surface area contributed by atoms with Crippen LogP contribution in [0.1, 0.15) is 13.8 Å². The second-order valence-electron chi connectivity index (χ2n) is 2.87. The van der Waals surface area contributed by atoms with Gasteiger partial charge in [0, 0.05) is 27.9 Å². The Morgan fingerprint density at radius 3 is 2.00 bits per heavy atom. The molecule has 7 heteroatoms. The van der Waals surface area contributed by atoms with Crippen molar-refractivity contribution in [2.24, 2.45) is 0 Å². The fourth-order valence-electron chi connectivity index (χ4n) is 1.05. The third-order valence-electron chi connectivity index (χ3n) is 1.84. The van der Waals surface area contributed by atoms with Crippen LogP contribution in [0.5, 0.6) is 0 Å². The second kappa shape index (κ2) is 9.05. The molecule has 0 aliphatic heterocycles. The Labute approximate surface area is 98.2 Å². The highest BCUT2D eigenvalue weighted by Gasteiger charge is 2.44. The maximum absolute atomic E-state index is 5.46. The molecule has 0 saturated carbocycles. The molecule has 6 nitrogen and oxygen atoms in total. The van der Waals surface area contributed by atoms with Gasteiger partial charge in [0.05, 0.1) is 13.2 Å². The van der Waals surface area contributed by atoms with E-state index in [9.17, 15) is 0 Å². The summed E-state index contributed by atoms with van der Waals surface area (Å²) >= 11 is 0. The first-order valence-electron chi connectivity index (χ1n) is 5.16. The molecule has 0 saturated heterocycles. The van der Waals surface area contributed by atoms with Crippen LogP contribution in [0.2, 0.25) is 0 Å². The van der Waals surface area contributed by atoms with Gasteiger partial charge in [0.15, 0.2) is 6.29 Å². The zero-order valence-electron chi connectivity index (χ0n) is 10.6. The number of hydrogen-bond donors (Lipinski definition) is 0. The summed E-state index contributed by atoms with van der Waals surface area (Å²) in [5.41, 5.74) is 0. The van der Waals surface area contributed by atoms with Crippen molar-refractivity contribution in [1.29, 1.82) is 0 Å². The largest absolute Gasteiger partial charge is 0.680 e. The van der Waals surface area contributed by atoms with E-state index in [1.807, 2.05) is 6.92 Å². The average Bonchev–Trinajstić information content (AvgIpc) is 2.32. The summed E-state index contributed by atoms with van der Waals surface area (Å²) in [6.07, 6.45) is -0.466. The molecule has 0 radical (unpaired) electrons. The molecule has 0 spiro atoms. The molecule has 0 N–H and O–H groups in total. The van der Waals surface area contributed by atoms with Crippen molar-refractivity contribution in [1.82, 2.24) is 0 Å². The van der Waals surface area contributed by atoms with Crippen LogP contribution in [-0.4, -0.2) is 56.5 Å². The summed E-state index contributed by atoms with van der Waals surface area (Å²) in [6.45, 7) is 5.34. The highest BCUT2D eigenvalue weighted by atomic mass is 28.4. The Balaban J connectivity index is 3.86. The van der Waals surface area contributed by atoms with Crippen LogP contribution in [-0.2, 0) is 27.2 Å². The summed E-state index contributed by atoms with van der Waals surface area (Å²) in [4.78, 5) is 0. The van der Waals surface area contributed by atoms with Gasteiger partial charge in [-0.05, 0) is 13.8 Å². The first kappa shape index (κ1) is 16.0. The van der Waals surface area contributed by atoms with Crippen LogP contribution in [0.25, 0.3) is 0 Å². The van der Waals surface area contributed by atoms with Gasteiger partial charge in [-0.25, -0.2) is 0 Å². The SMILES string of the molecule is CCOCCOC(C)O[Si](OC)(OC)OC. The van der Waals surface area contributed by atoms with Gasteiger partial charge in [0.25, 0.3) is 0 Å². The third kappa shape index (κ3) is 5.90. The molecular formula is C9H22O6Si. The molecule has 16 heavy (non-hydrogen) atoms. The highest BCUT2D eigenvalue weighted by Crippen LogP contribution is 2.11. The maximum atomic E-state index is 5.46. The van der Waals surface area contributed by atoms with Gasteiger partial charge >= 0.3 is 9.05 Å². The van der Waals surface area contributed by atoms with Gasteiger partial charge in [-0.3, -0.25) is 0 Å². The Kier molecular flexibility index (Phi) is 9.04. The second-order valence-corrected chi connectivity index (χ2v) is 5.33. The molecule has 1 atom stereocenters. The Morgan fingerprint density at radius 1 is 1.00 bits per heavy atom. The minimum absolute atomic E-state index is 0.455. The lowest BCUT2D eigenvalue weighted by atomic mass is 10.7. The van der Waals surface area contributed by atoms with Gasteiger partial charge in [-0.1, -0.05) is 0 Å². The lowest BCUT2D eigenvalue weighted by molar-refractivity contribution is -0.137. The predicted octanol–water partition coefficient (Wildman–Crippen LogP) is 0.777. The Hall–Kier alpha value is -0.0231. The van der Waals surface area contributed by atoms with Gasteiger partial charge < -0.3 is 27.2 Å². The van der Waals surface area contributed by atoms with E-state index in [4.69, 9.17) is 27.2 Å². The van der Waals surface area contributed by atoms with Crippen molar-refractivity contribution >= 4 is 9.05 Å². The fourth-order valence-corrected chi connectivity index (χ4v) is 2.31. The van der Waals surface area contributed by atoms with Crippen LogP contribution >= 0.6 is 0 Å². The van der Waals surface area contributed by atoms with E-state index < -0.39 is 15.3 Å². The van der Waals surface area contributed by atoms with E-state index in [0.29, 0.717) is 19.8 Å². The normalized spacial score (nSPS) is 14.1. The van der Waals surface area contributed by atoms with E-state index >= 15 is 0 Å². The molecule has 0 aliphatic rings. The van der Waals surface area contributed by atoms with Gasteiger partial charge in [-0.15, -0.1) is 0 Å². The van der Waals surface area contributed by atoms with E-state index in [2.05, 4.69) is 0 Å². The molecule has 0 rings (SSSR count). The summed E-state index contributed by atoms with van der Waals surface area (Å²) in [5.74, 6) is 0. The zero-order chi connectivity index (χ0) is 12.4. The molecule has 0 fully saturated rings. The Morgan fingerprint density at radius 2 is 1.56 bits per heavy atom. The number of rotatable bonds is 10. The summed E-state index contributed by atoms with van der Waals surface area (Å²) < 4.78 is 31.2. The van der Waals surface area contributed by atoms with Crippen molar-refractivity contribution in [3.05, 3.63) is 0 Å². The molecular weight excluding hydrogens is 232 g/mol. The van der Waals surface area contributed by atoms with Crippen molar-refractivity contribution in [2.45, 2.75) is 20.1 Å². The summed E-state index contributed by atoms with van der Waals surface area (Å²) in [5, 5.41) is 0. The molecule has 0 amide bonds. The molecule has 98 valence electrons. The molecule has 0 heterocycles. The molecule has 0 bridgehead atoms. The van der Waals surface area contributed by atoms with E-state index in [1.54, 1.807) is 6.92 Å². The summed E-state index contributed by atoms with van der Waals surface area (Å²) in [6, 6.07) is 0. The maximum Gasteiger partial charge on any atom is 0.680 e. The van der Waals surface area contributed by atoms with Gasteiger partial charge in [-0.2, -0.15) is 0 Å². The number of hydrogen-bond acceptors (Lipinski definition) is 6. The minimum Gasteiger partial charge on any atom is -0.379 e. The Bertz CT molecular complexity index is 156. The van der Waals surface area contributed by atoms with Crippen LogP contribution in [0.3, 0.4) is 0 Å². The van der Waals surface area contributed by atoms with E-state index in [-0.39, 0.29) is 0 Å². The van der Waals surface area contributed by atoms with Crippen LogP contribution in [0, 0.1) is 0 Å². The number of ether oxygens (including phenoxy) is 2. The van der Waals surface area contributed by atoms with Crippen LogP contribution in [0.15, 0.2) is 0 Å². The molecule has 0 aromatic carbocycles. The minimum atomic E-state index is -3.01. The average molecular weight is 254 g/mol.